The van der Waals surface area contributed by atoms with Crippen LogP contribution in [-0.2, 0) is 19.5 Å². The molecule has 2 N–H and O–H groups in total. The van der Waals surface area contributed by atoms with Crippen molar-refractivity contribution in [1.29, 1.82) is 0 Å². The maximum absolute atomic E-state index is 13.2. The number of rotatable bonds is 6. The topological polar surface area (TPSA) is 76.4 Å². The fraction of sp³-hybridized carbons (Fsp3) is 0.500. The van der Waals surface area contributed by atoms with Crippen molar-refractivity contribution in [3.05, 3.63) is 41.7 Å². The summed E-state index contributed by atoms with van der Waals surface area (Å²) in [6.45, 7) is 3.99. The molecule has 1 unspecified atom stereocenters. The molecule has 1 aliphatic rings. The van der Waals surface area contributed by atoms with Gasteiger partial charge in [-0.2, -0.15) is 0 Å². The molecule has 2 heterocycles. The van der Waals surface area contributed by atoms with E-state index in [0.717, 1.165) is 24.6 Å². The number of halogens is 2. The second-order valence-corrected chi connectivity index (χ2v) is 6.33. The van der Waals surface area contributed by atoms with Gasteiger partial charge >= 0.3 is 0 Å². The largest absolute Gasteiger partial charge is 0.489 e. The van der Waals surface area contributed by atoms with E-state index in [4.69, 9.17) is 4.74 Å². The van der Waals surface area contributed by atoms with Crippen LogP contribution in [0.3, 0.4) is 0 Å². The van der Waals surface area contributed by atoms with Crippen LogP contribution in [0.15, 0.2) is 29.3 Å². The van der Waals surface area contributed by atoms with E-state index in [1.54, 1.807) is 19.2 Å². The van der Waals surface area contributed by atoms with E-state index < -0.39 is 0 Å². The highest BCUT2D eigenvalue weighted by Crippen LogP contribution is 2.14. The van der Waals surface area contributed by atoms with Crippen molar-refractivity contribution in [3.8, 4) is 5.75 Å². The summed E-state index contributed by atoms with van der Waals surface area (Å²) >= 11 is 0. The molecule has 1 aromatic heterocycles. The predicted molar refractivity (Wildman–Crippen MR) is 113 cm³/mol. The zero-order valence-corrected chi connectivity index (χ0v) is 17.9. The highest BCUT2D eigenvalue weighted by molar-refractivity contribution is 14.0. The molecule has 27 heavy (non-hydrogen) atoms. The smallest absolute Gasteiger partial charge is 0.191 e. The summed E-state index contributed by atoms with van der Waals surface area (Å²) in [7, 11) is 1.71. The van der Waals surface area contributed by atoms with E-state index in [-0.39, 0.29) is 35.9 Å². The van der Waals surface area contributed by atoms with Crippen LogP contribution >= 0.6 is 24.0 Å². The average molecular weight is 488 g/mol. The summed E-state index contributed by atoms with van der Waals surface area (Å²) in [6.07, 6.45) is 3.20. The van der Waals surface area contributed by atoms with Crippen LogP contribution in [0.25, 0.3) is 0 Å². The molecule has 1 atom stereocenters. The Hall–Kier alpha value is -1.91. The summed E-state index contributed by atoms with van der Waals surface area (Å²) < 4.78 is 21.1. The summed E-state index contributed by atoms with van der Waals surface area (Å²) in [4.78, 5) is 4.21. The van der Waals surface area contributed by atoms with Crippen LogP contribution < -0.4 is 15.4 Å². The van der Waals surface area contributed by atoms with E-state index in [0.29, 0.717) is 24.8 Å². The van der Waals surface area contributed by atoms with Crippen molar-refractivity contribution in [2.24, 2.45) is 4.99 Å². The molecule has 0 amide bonds. The zero-order valence-electron chi connectivity index (χ0n) is 15.6. The number of aryl methyl sites for hydroxylation is 1. The van der Waals surface area contributed by atoms with E-state index in [1.165, 1.54) is 25.0 Å². The Morgan fingerprint density at radius 2 is 2.19 bits per heavy atom. The monoisotopic (exact) mass is 488 g/mol. The number of hydrogen-bond acceptors (Lipinski definition) is 4. The number of aromatic nitrogens is 3. The second kappa shape index (κ2) is 10.4. The predicted octanol–water partition coefficient (Wildman–Crippen LogP) is 2.50. The molecule has 9 heteroatoms. The molecule has 0 aliphatic carbocycles. The van der Waals surface area contributed by atoms with Crippen molar-refractivity contribution >= 4 is 29.9 Å². The molecule has 3 rings (SSSR count). The first-order valence-electron chi connectivity index (χ1n) is 8.93. The van der Waals surface area contributed by atoms with Gasteiger partial charge in [-0.15, -0.1) is 34.2 Å². The van der Waals surface area contributed by atoms with E-state index >= 15 is 0 Å². The summed E-state index contributed by atoms with van der Waals surface area (Å²) in [5.74, 6) is 2.85. The fourth-order valence-electron chi connectivity index (χ4n) is 2.94. The number of nitrogens with one attached hydrogen (secondary N) is 2. The van der Waals surface area contributed by atoms with E-state index in [2.05, 4.69) is 30.4 Å². The van der Waals surface area contributed by atoms with E-state index in [1.807, 2.05) is 6.92 Å². The van der Waals surface area contributed by atoms with Gasteiger partial charge in [-0.1, -0.05) is 6.07 Å². The van der Waals surface area contributed by atoms with Crippen molar-refractivity contribution in [3.63, 3.8) is 0 Å². The highest BCUT2D eigenvalue weighted by atomic mass is 127. The summed E-state index contributed by atoms with van der Waals surface area (Å²) in [5.41, 5.74) is 0. The number of guanidine groups is 1. The van der Waals surface area contributed by atoms with Gasteiger partial charge in [0.05, 0.1) is 13.1 Å². The molecule has 1 aromatic carbocycles. The lowest BCUT2D eigenvalue weighted by molar-refractivity contribution is 0.223. The maximum atomic E-state index is 13.2. The third-order valence-electron chi connectivity index (χ3n) is 4.26. The lowest BCUT2D eigenvalue weighted by atomic mass is 10.2. The molecule has 0 radical (unpaired) electrons. The van der Waals surface area contributed by atoms with Crippen LogP contribution in [0.4, 0.5) is 4.39 Å². The molecule has 2 aromatic rings. The molecular weight excluding hydrogens is 462 g/mol. The standard InChI is InChI=1S/C18H25FN6O.HI/c1-13(26-15-7-5-6-14(19)10-15)11-21-18(20-2)22-12-17-24-23-16-8-3-4-9-25(16)17;/h5-7,10,13H,3-4,8-9,11-12H2,1-2H3,(H2,20,21,22);1H. The van der Waals surface area contributed by atoms with Crippen LogP contribution in [0.1, 0.15) is 31.4 Å². The van der Waals surface area contributed by atoms with Gasteiger partial charge in [0.15, 0.2) is 11.8 Å². The van der Waals surface area contributed by atoms with Crippen LogP contribution in [0.2, 0.25) is 0 Å². The lowest BCUT2D eigenvalue weighted by Gasteiger charge is -2.18. The van der Waals surface area contributed by atoms with Gasteiger partial charge in [-0.3, -0.25) is 4.99 Å². The first-order valence-corrected chi connectivity index (χ1v) is 8.93. The fourth-order valence-corrected chi connectivity index (χ4v) is 2.94. The number of aliphatic imine (C=N–C) groups is 1. The van der Waals surface area contributed by atoms with Gasteiger partial charge in [0, 0.05) is 26.1 Å². The van der Waals surface area contributed by atoms with Gasteiger partial charge in [0.1, 0.15) is 23.5 Å². The molecule has 0 bridgehead atoms. The first-order chi connectivity index (χ1) is 12.7. The Balaban J connectivity index is 0.00000261. The van der Waals surface area contributed by atoms with Crippen molar-refractivity contribution in [2.45, 2.75) is 45.4 Å². The van der Waals surface area contributed by atoms with Crippen LogP contribution in [0.5, 0.6) is 5.75 Å². The molecule has 0 saturated heterocycles. The molecule has 0 spiro atoms. The minimum atomic E-state index is -0.309. The quantitative estimate of drug-likeness (QED) is 0.372. The Morgan fingerprint density at radius 1 is 1.33 bits per heavy atom. The Morgan fingerprint density at radius 3 is 2.96 bits per heavy atom. The maximum Gasteiger partial charge on any atom is 0.191 e. The molecule has 7 nitrogen and oxygen atoms in total. The minimum absolute atomic E-state index is 0. The Kier molecular flexibility index (Phi) is 8.26. The lowest BCUT2D eigenvalue weighted by Crippen LogP contribution is -2.41. The Labute approximate surface area is 175 Å². The van der Waals surface area contributed by atoms with Crippen molar-refractivity contribution in [1.82, 2.24) is 25.4 Å². The highest BCUT2D eigenvalue weighted by Gasteiger charge is 2.15. The molecule has 1 aliphatic heterocycles. The van der Waals surface area contributed by atoms with Crippen molar-refractivity contribution in [2.75, 3.05) is 13.6 Å². The van der Waals surface area contributed by atoms with Crippen LogP contribution in [-0.4, -0.2) is 40.4 Å². The molecule has 0 fully saturated rings. The normalized spacial score (nSPS) is 14.7. The van der Waals surface area contributed by atoms with Crippen molar-refractivity contribution < 1.29 is 9.13 Å². The third-order valence-corrected chi connectivity index (χ3v) is 4.26. The van der Waals surface area contributed by atoms with Gasteiger partial charge in [0.25, 0.3) is 0 Å². The zero-order chi connectivity index (χ0) is 18.4. The average Bonchev–Trinajstić information content (AvgIpc) is 3.05. The summed E-state index contributed by atoms with van der Waals surface area (Å²) in [5, 5.41) is 15.0. The van der Waals surface area contributed by atoms with Crippen LogP contribution in [0, 0.1) is 5.82 Å². The van der Waals surface area contributed by atoms with Gasteiger partial charge < -0.3 is 19.9 Å². The number of fused-ring (bicyclic) bond motifs is 1. The third kappa shape index (κ3) is 6.05. The Bertz CT molecular complexity index is 766. The molecular formula is C18H26FIN6O. The molecule has 0 saturated carbocycles. The second-order valence-electron chi connectivity index (χ2n) is 6.33. The number of benzene rings is 1. The number of ether oxygens (including phenoxy) is 1. The van der Waals surface area contributed by atoms with Gasteiger partial charge in [0.2, 0.25) is 0 Å². The molecule has 148 valence electrons. The van der Waals surface area contributed by atoms with Gasteiger partial charge in [-0.05, 0) is 31.9 Å². The number of nitrogens with zero attached hydrogens (tertiary/aromatic N) is 4. The SMILES string of the molecule is CN=C(NCc1nnc2n1CCCC2)NCC(C)Oc1cccc(F)c1.I. The van der Waals surface area contributed by atoms with E-state index in [9.17, 15) is 4.39 Å². The minimum Gasteiger partial charge on any atom is -0.489 e. The number of hydrogen-bond donors (Lipinski definition) is 2. The first kappa shape index (κ1) is 21.4. The van der Waals surface area contributed by atoms with Gasteiger partial charge in [-0.25, -0.2) is 4.39 Å². The summed E-state index contributed by atoms with van der Waals surface area (Å²) in [6, 6.07) is 6.13.